The molecule has 128 valence electrons. The number of carbonyl (C=O) groups excluding carboxylic acids is 1. The lowest BCUT2D eigenvalue weighted by Crippen LogP contribution is -2.14. The summed E-state index contributed by atoms with van der Waals surface area (Å²) < 4.78 is 33.0. The number of nitrogens with zero attached hydrogens (tertiary/aromatic N) is 2. The smallest absolute Gasteiger partial charge is 0.310 e. The van der Waals surface area contributed by atoms with Gasteiger partial charge in [-0.05, 0) is 19.1 Å². The summed E-state index contributed by atoms with van der Waals surface area (Å²) in [5.41, 5.74) is 0.523. The molecule has 8 heteroatoms. The molecule has 0 saturated heterocycles. The lowest BCUT2D eigenvalue weighted by atomic mass is 10.1. The van der Waals surface area contributed by atoms with E-state index in [1.165, 1.54) is 0 Å². The number of carbonyl (C=O) groups is 1. The molecule has 24 heavy (non-hydrogen) atoms. The Bertz CT molecular complexity index is 714. The minimum atomic E-state index is -1.04. The molecule has 0 aliphatic carbocycles. The zero-order valence-corrected chi connectivity index (χ0v) is 13.7. The first kappa shape index (κ1) is 18.1. The SMILES string of the molecule is CCOC(=O)Cc1c(F)c(NCCc2ccccn2)nc(F)c1Cl. The highest BCUT2D eigenvalue weighted by atomic mass is 35.5. The standard InChI is InChI=1S/C16H16ClF2N3O2/c1-2-24-12(23)9-11-13(17)15(19)22-16(14(11)18)21-8-6-10-5-3-4-7-20-10/h3-5,7H,2,6,8-9H2,1H3,(H,21,22). The number of hydrogen-bond donors (Lipinski definition) is 1. The molecule has 2 aromatic rings. The molecule has 0 amide bonds. The Morgan fingerprint density at radius 1 is 1.38 bits per heavy atom. The maximum Gasteiger partial charge on any atom is 0.310 e. The largest absolute Gasteiger partial charge is 0.466 e. The first-order valence-corrected chi connectivity index (χ1v) is 7.73. The molecule has 0 radical (unpaired) electrons. The summed E-state index contributed by atoms with van der Waals surface area (Å²) in [5, 5.41) is 2.18. The van der Waals surface area contributed by atoms with Crippen molar-refractivity contribution in [1.29, 1.82) is 0 Å². The van der Waals surface area contributed by atoms with Crippen molar-refractivity contribution in [3.8, 4) is 0 Å². The molecule has 0 aromatic carbocycles. The maximum absolute atomic E-state index is 14.4. The number of esters is 1. The van der Waals surface area contributed by atoms with Crippen molar-refractivity contribution in [3.05, 3.63) is 52.4 Å². The summed E-state index contributed by atoms with van der Waals surface area (Å²) in [7, 11) is 0. The van der Waals surface area contributed by atoms with Gasteiger partial charge in [0, 0.05) is 30.4 Å². The number of rotatable bonds is 7. The third-order valence-corrected chi connectivity index (χ3v) is 3.54. The van der Waals surface area contributed by atoms with Crippen molar-refractivity contribution < 1.29 is 18.3 Å². The normalized spacial score (nSPS) is 10.5. The number of anilines is 1. The Hall–Kier alpha value is -2.28. The third kappa shape index (κ3) is 4.61. The van der Waals surface area contributed by atoms with E-state index in [9.17, 15) is 13.6 Å². The van der Waals surface area contributed by atoms with Gasteiger partial charge in [-0.3, -0.25) is 9.78 Å². The van der Waals surface area contributed by atoms with E-state index in [-0.39, 0.29) is 18.0 Å². The van der Waals surface area contributed by atoms with E-state index in [2.05, 4.69) is 15.3 Å². The Labute approximate surface area is 143 Å². The summed E-state index contributed by atoms with van der Waals surface area (Å²) in [4.78, 5) is 19.1. The van der Waals surface area contributed by atoms with Crippen LogP contribution in [0.25, 0.3) is 0 Å². The van der Waals surface area contributed by atoms with Crippen LogP contribution in [0.1, 0.15) is 18.2 Å². The predicted molar refractivity (Wildman–Crippen MR) is 85.9 cm³/mol. The molecule has 2 rings (SSSR count). The number of halogens is 3. The first-order chi connectivity index (χ1) is 11.5. The minimum Gasteiger partial charge on any atom is -0.466 e. The number of ether oxygens (including phenoxy) is 1. The van der Waals surface area contributed by atoms with Crippen LogP contribution < -0.4 is 5.32 Å². The highest BCUT2D eigenvalue weighted by Gasteiger charge is 2.21. The van der Waals surface area contributed by atoms with Crippen LogP contribution in [0.2, 0.25) is 5.02 Å². The number of nitrogens with one attached hydrogen (secondary N) is 1. The Kier molecular flexibility index (Phi) is 6.43. The monoisotopic (exact) mass is 355 g/mol. The van der Waals surface area contributed by atoms with Gasteiger partial charge in [0.05, 0.1) is 13.0 Å². The molecule has 2 aromatic heterocycles. The van der Waals surface area contributed by atoms with Gasteiger partial charge in [0.25, 0.3) is 0 Å². The van der Waals surface area contributed by atoms with Crippen molar-refractivity contribution in [3.63, 3.8) is 0 Å². The van der Waals surface area contributed by atoms with Crippen LogP contribution in [-0.2, 0) is 22.4 Å². The third-order valence-electron chi connectivity index (χ3n) is 3.16. The highest BCUT2D eigenvalue weighted by Crippen LogP contribution is 2.27. The fourth-order valence-corrected chi connectivity index (χ4v) is 2.24. The van der Waals surface area contributed by atoms with Crippen LogP contribution in [0.5, 0.6) is 0 Å². The summed E-state index contributed by atoms with van der Waals surface area (Å²) in [6.45, 7) is 2.05. The van der Waals surface area contributed by atoms with Crippen LogP contribution >= 0.6 is 11.6 Å². The summed E-state index contributed by atoms with van der Waals surface area (Å²) in [5.74, 6) is -2.90. The van der Waals surface area contributed by atoms with Crippen molar-refractivity contribution >= 4 is 23.4 Å². The lowest BCUT2D eigenvalue weighted by molar-refractivity contribution is -0.142. The fraction of sp³-hybridized carbons (Fsp3) is 0.312. The number of hydrogen-bond acceptors (Lipinski definition) is 5. The molecule has 2 heterocycles. The predicted octanol–water partition coefficient (Wildman–Crippen LogP) is 3.17. The Balaban J connectivity index is 2.12. The van der Waals surface area contributed by atoms with E-state index in [0.717, 1.165) is 5.69 Å². The van der Waals surface area contributed by atoms with Crippen LogP contribution in [0.15, 0.2) is 24.4 Å². The Morgan fingerprint density at radius 3 is 2.83 bits per heavy atom. The zero-order chi connectivity index (χ0) is 17.5. The van der Waals surface area contributed by atoms with Crippen LogP contribution in [0.4, 0.5) is 14.6 Å². The van der Waals surface area contributed by atoms with Gasteiger partial charge in [-0.25, -0.2) is 4.39 Å². The summed E-state index contributed by atoms with van der Waals surface area (Å²) in [6.07, 6.45) is 1.68. The molecule has 0 saturated carbocycles. The second kappa shape index (κ2) is 8.54. The van der Waals surface area contributed by atoms with Gasteiger partial charge in [-0.2, -0.15) is 9.37 Å². The van der Waals surface area contributed by atoms with E-state index in [4.69, 9.17) is 16.3 Å². The first-order valence-electron chi connectivity index (χ1n) is 7.35. The molecular weight excluding hydrogens is 340 g/mol. The zero-order valence-electron chi connectivity index (χ0n) is 13.0. The average molecular weight is 356 g/mol. The molecule has 0 bridgehead atoms. The molecule has 5 nitrogen and oxygen atoms in total. The van der Waals surface area contributed by atoms with E-state index in [1.54, 1.807) is 19.2 Å². The fourth-order valence-electron chi connectivity index (χ4n) is 2.04. The molecule has 0 spiro atoms. The van der Waals surface area contributed by atoms with Crippen molar-refractivity contribution in [1.82, 2.24) is 9.97 Å². The van der Waals surface area contributed by atoms with E-state index >= 15 is 0 Å². The second-order valence-corrected chi connectivity index (χ2v) is 5.22. The highest BCUT2D eigenvalue weighted by molar-refractivity contribution is 6.31. The maximum atomic E-state index is 14.4. The van der Waals surface area contributed by atoms with Gasteiger partial charge in [-0.15, -0.1) is 0 Å². The molecule has 0 atom stereocenters. The van der Waals surface area contributed by atoms with Gasteiger partial charge in [0.2, 0.25) is 5.95 Å². The average Bonchev–Trinajstić information content (AvgIpc) is 2.57. The van der Waals surface area contributed by atoms with Gasteiger partial charge in [-0.1, -0.05) is 17.7 Å². The number of pyridine rings is 2. The quantitative estimate of drug-likeness (QED) is 0.610. The molecule has 1 N–H and O–H groups in total. The molecular formula is C16H16ClF2N3O2. The second-order valence-electron chi connectivity index (χ2n) is 4.84. The molecule has 0 unspecified atom stereocenters. The molecule has 0 aliphatic heterocycles. The van der Waals surface area contributed by atoms with Crippen molar-refractivity contribution in [2.24, 2.45) is 0 Å². The van der Waals surface area contributed by atoms with Crippen LogP contribution in [0, 0.1) is 11.8 Å². The summed E-state index contributed by atoms with van der Waals surface area (Å²) >= 11 is 5.72. The van der Waals surface area contributed by atoms with E-state index < -0.39 is 29.2 Å². The van der Waals surface area contributed by atoms with E-state index in [1.807, 2.05) is 12.1 Å². The van der Waals surface area contributed by atoms with Crippen LogP contribution in [-0.4, -0.2) is 29.1 Å². The van der Waals surface area contributed by atoms with Gasteiger partial charge >= 0.3 is 5.97 Å². The van der Waals surface area contributed by atoms with Crippen molar-refractivity contribution in [2.45, 2.75) is 19.8 Å². The van der Waals surface area contributed by atoms with Crippen LogP contribution in [0.3, 0.4) is 0 Å². The van der Waals surface area contributed by atoms with Gasteiger partial charge < -0.3 is 10.1 Å². The molecule has 0 fully saturated rings. The Morgan fingerprint density at radius 2 is 2.17 bits per heavy atom. The van der Waals surface area contributed by atoms with Crippen molar-refractivity contribution in [2.75, 3.05) is 18.5 Å². The van der Waals surface area contributed by atoms with E-state index in [0.29, 0.717) is 13.0 Å². The lowest BCUT2D eigenvalue weighted by Gasteiger charge is -2.12. The minimum absolute atomic E-state index is 0.140. The van der Waals surface area contributed by atoms with Gasteiger partial charge in [0.15, 0.2) is 11.6 Å². The van der Waals surface area contributed by atoms with Gasteiger partial charge in [0.1, 0.15) is 5.02 Å². The number of aromatic nitrogens is 2. The summed E-state index contributed by atoms with van der Waals surface area (Å²) in [6, 6.07) is 5.44. The molecule has 0 aliphatic rings. The topological polar surface area (TPSA) is 64.1 Å².